The minimum absolute atomic E-state index is 0.167. The van der Waals surface area contributed by atoms with Gasteiger partial charge in [-0.2, -0.15) is 17.8 Å². The van der Waals surface area contributed by atoms with Crippen molar-refractivity contribution < 1.29 is 13.2 Å². The number of nitrogens with one attached hydrogen (secondary N) is 2. The second-order valence-electron chi connectivity index (χ2n) is 5.05. The van der Waals surface area contributed by atoms with Gasteiger partial charge in [-0.25, -0.2) is 0 Å². The molecule has 130 valence electrons. The van der Waals surface area contributed by atoms with Crippen LogP contribution in [0, 0.1) is 0 Å². The van der Waals surface area contributed by atoms with Gasteiger partial charge in [0.15, 0.2) is 0 Å². The monoisotopic (exact) mass is 360 g/mol. The van der Waals surface area contributed by atoms with Crippen LogP contribution in [0.5, 0.6) is 5.75 Å². The van der Waals surface area contributed by atoms with Crippen molar-refractivity contribution in [1.82, 2.24) is 24.9 Å². The summed E-state index contributed by atoms with van der Waals surface area (Å²) < 4.78 is 36.2. The van der Waals surface area contributed by atoms with E-state index < -0.39 is 10.2 Å². The average Bonchev–Trinajstić information content (AvgIpc) is 3.15. The molecule has 25 heavy (non-hydrogen) atoms. The lowest BCUT2D eigenvalue weighted by Gasteiger charge is -2.14. The fourth-order valence-corrected chi connectivity index (χ4v) is 3.03. The first-order valence-electron chi connectivity index (χ1n) is 7.30. The van der Waals surface area contributed by atoms with Crippen molar-refractivity contribution in [3.05, 3.63) is 60.4 Å². The van der Waals surface area contributed by atoms with Crippen LogP contribution in [0.4, 0.5) is 5.69 Å². The molecule has 0 spiro atoms. The summed E-state index contributed by atoms with van der Waals surface area (Å²) in [5.74, 6) is 0.498. The highest BCUT2D eigenvalue weighted by atomic mass is 32.2. The van der Waals surface area contributed by atoms with Crippen LogP contribution < -0.4 is 14.2 Å². The lowest BCUT2D eigenvalue weighted by atomic mass is 10.2. The zero-order chi connectivity index (χ0) is 17.7. The summed E-state index contributed by atoms with van der Waals surface area (Å²) in [6.07, 6.45) is 1.37. The van der Waals surface area contributed by atoms with E-state index in [1.165, 1.54) is 18.1 Å². The predicted molar refractivity (Wildman–Crippen MR) is 91.5 cm³/mol. The van der Waals surface area contributed by atoms with Gasteiger partial charge in [0.2, 0.25) is 0 Å². The van der Waals surface area contributed by atoms with E-state index in [0.717, 1.165) is 5.56 Å². The van der Waals surface area contributed by atoms with Crippen LogP contribution in [0.3, 0.4) is 0 Å². The summed E-state index contributed by atoms with van der Waals surface area (Å²) in [5, 5.41) is 10.9. The molecule has 3 rings (SSSR count). The van der Waals surface area contributed by atoms with Gasteiger partial charge in [-0.05, 0) is 28.1 Å². The number of hydrogen-bond acceptors (Lipinski definition) is 6. The molecule has 10 heteroatoms. The minimum atomic E-state index is -3.81. The Labute approximate surface area is 144 Å². The molecule has 0 radical (unpaired) electrons. The minimum Gasteiger partial charge on any atom is -0.497 e. The van der Waals surface area contributed by atoms with Crippen LogP contribution in [-0.4, -0.2) is 35.7 Å². The Morgan fingerprint density at radius 3 is 2.64 bits per heavy atom. The molecule has 3 aromatic rings. The van der Waals surface area contributed by atoms with Gasteiger partial charge in [0, 0.05) is 12.6 Å². The molecule has 0 aliphatic rings. The van der Waals surface area contributed by atoms with Crippen LogP contribution in [0.15, 0.2) is 54.9 Å². The van der Waals surface area contributed by atoms with Crippen molar-refractivity contribution in [1.29, 1.82) is 0 Å². The molecule has 2 N–H and O–H groups in total. The lowest BCUT2D eigenvalue weighted by molar-refractivity contribution is 0.415. The van der Waals surface area contributed by atoms with E-state index >= 15 is 0 Å². The van der Waals surface area contributed by atoms with Crippen LogP contribution in [0.25, 0.3) is 5.69 Å². The fourth-order valence-electron chi connectivity index (χ4n) is 2.15. The molecule has 0 amide bonds. The highest BCUT2D eigenvalue weighted by Crippen LogP contribution is 2.25. The lowest BCUT2D eigenvalue weighted by Crippen LogP contribution is -2.30. The molecule has 0 aliphatic heterocycles. The van der Waals surface area contributed by atoms with Crippen molar-refractivity contribution in [2.45, 2.75) is 6.54 Å². The van der Waals surface area contributed by atoms with Crippen molar-refractivity contribution in [3.8, 4) is 11.4 Å². The van der Waals surface area contributed by atoms with E-state index in [4.69, 9.17) is 4.74 Å². The Balaban J connectivity index is 1.83. The summed E-state index contributed by atoms with van der Waals surface area (Å²) >= 11 is 0. The molecule has 0 saturated heterocycles. The van der Waals surface area contributed by atoms with Crippen LogP contribution in [0.2, 0.25) is 0 Å². The molecule has 0 aliphatic carbocycles. The molecule has 9 nitrogen and oxygen atoms in total. The number of anilines is 1. The summed E-state index contributed by atoms with van der Waals surface area (Å²) in [5.41, 5.74) is 1.60. The van der Waals surface area contributed by atoms with E-state index in [1.54, 1.807) is 18.2 Å². The van der Waals surface area contributed by atoms with E-state index in [9.17, 15) is 8.42 Å². The number of methoxy groups -OCH3 is 1. The van der Waals surface area contributed by atoms with Gasteiger partial charge < -0.3 is 4.74 Å². The predicted octanol–water partition coefficient (Wildman–Crippen LogP) is 1.12. The van der Waals surface area contributed by atoms with Crippen LogP contribution in [0.1, 0.15) is 5.56 Å². The molecule has 0 atom stereocenters. The quantitative estimate of drug-likeness (QED) is 0.653. The molecule has 0 saturated carbocycles. The second kappa shape index (κ2) is 7.28. The number of tetrazole rings is 1. The molecular weight excluding hydrogens is 344 g/mol. The highest BCUT2D eigenvalue weighted by molar-refractivity contribution is 7.90. The van der Waals surface area contributed by atoms with Crippen molar-refractivity contribution in [3.63, 3.8) is 0 Å². The fraction of sp³-hybridized carbons (Fsp3) is 0.133. The third-order valence-electron chi connectivity index (χ3n) is 3.35. The van der Waals surface area contributed by atoms with Crippen LogP contribution >= 0.6 is 0 Å². The Kier molecular flexibility index (Phi) is 4.91. The first-order chi connectivity index (χ1) is 12.1. The third kappa shape index (κ3) is 4.31. The molecule has 0 unspecified atom stereocenters. The highest BCUT2D eigenvalue weighted by Gasteiger charge is 2.15. The number of benzene rings is 2. The molecular formula is C15H16N6O3S. The number of nitrogens with zero attached hydrogens (tertiary/aromatic N) is 4. The van der Waals surface area contributed by atoms with E-state index in [2.05, 4.69) is 25.0 Å². The normalized spacial score (nSPS) is 11.2. The summed E-state index contributed by atoms with van der Waals surface area (Å²) in [4.78, 5) is 0. The first kappa shape index (κ1) is 16.9. The summed E-state index contributed by atoms with van der Waals surface area (Å²) in [6, 6.07) is 14.1. The Bertz CT molecular complexity index is 929. The van der Waals surface area contributed by atoms with Gasteiger partial charge in [0.25, 0.3) is 10.2 Å². The zero-order valence-electron chi connectivity index (χ0n) is 13.3. The maximum Gasteiger partial charge on any atom is 0.299 e. The molecule has 2 aromatic carbocycles. The van der Waals surface area contributed by atoms with Crippen molar-refractivity contribution >= 4 is 15.9 Å². The summed E-state index contributed by atoms with van der Waals surface area (Å²) in [6.45, 7) is 0.167. The van der Waals surface area contributed by atoms with Crippen molar-refractivity contribution in [2.75, 3.05) is 11.8 Å². The van der Waals surface area contributed by atoms with Gasteiger partial charge >= 0.3 is 0 Å². The molecule has 0 fully saturated rings. The zero-order valence-corrected chi connectivity index (χ0v) is 14.1. The van der Waals surface area contributed by atoms with Gasteiger partial charge in [-0.1, -0.05) is 30.3 Å². The maximum absolute atomic E-state index is 12.4. The van der Waals surface area contributed by atoms with Gasteiger partial charge in [-0.15, -0.1) is 5.10 Å². The Morgan fingerprint density at radius 1 is 1.16 bits per heavy atom. The Morgan fingerprint density at radius 2 is 1.96 bits per heavy atom. The molecule has 0 bridgehead atoms. The third-order valence-corrected chi connectivity index (χ3v) is 4.37. The van der Waals surface area contributed by atoms with E-state index in [0.29, 0.717) is 11.4 Å². The van der Waals surface area contributed by atoms with Gasteiger partial charge in [0.05, 0.1) is 18.5 Å². The number of hydrogen-bond donors (Lipinski definition) is 2. The summed E-state index contributed by atoms with van der Waals surface area (Å²) in [7, 11) is -2.31. The number of aromatic nitrogens is 4. The standard InChI is InChI=1S/C15H16N6O3S/c1-24-13-7-8-15(21-11-16-19-20-21)14(9-13)18-25(22,23)17-10-12-5-3-2-4-6-12/h2-9,11,17-18H,10H2,1H3. The van der Waals surface area contributed by atoms with Crippen molar-refractivity contribution in [2.24, 2.45) is 0 Å². The number of rotatable bonds is 7. The largest absolute Gasteiger partial charge is 0.497 e. The average molecular weight is 360 g/mol. The number of ether oxygens (including phenoxy) is 1. The topological polar surface area (TPSA) is 111 Å². The van der Waals surface area contributed by atoms with Gasteiger partial charge in [0.1, 0.15) is 12.1 Å². The van der Waals surface area contributed by atoms with E-state index in [-0.39, 0.29) is 12.2 Å². The maximum atomic E-state index is 12.4. The smallest absolute Gasteiger partial charge is 0.299 e. The van der Waals surface area contributed by atoms with Gasteiger partial charge in [-0.3, -0.25) is 4.72 Å². The van der Waals surface area contributed by atoms with E-state index in [1.807, 2.05) is 30.3 Å². The SMILES string of the molecule is COc1ccc(-n2cnnn2)c(NS(=O)(=O)NCc2ccccc2)c1. The second-order valence-corrected chi connectivity index (χ2v) is 6.55. The Hall–Kier alpha value is -2.98. The molecule has 1 aromatic heterocycles. The molecule has 1 heterocycles. The van der Waals surface area contributed by atoms with Crippen LogP contribution in [-0.2, 0) is 16.8 Å². The first-order valence-corrected chi connectivity index (χ1v) is 8.78.